The van der Waals surface area contributed by atoms with E-state index in [4.69, 9.17) is 0 Å². The highest BCUT2D eigenvalue weighted by molar-refractivity contribution is 5.61. The molecule has 0 N–H and O–H groups in total. The Morgan fingerprint density at radius 2 is 1.87 bits per heavy atom. The molecule has 0 atom stereocenters. The average molecular weight is 200 g/mol. The van der Waals surface area contributed by atoms with Crippen molar-refractivity contribution in [1.29, 1.82) is 0 Å². The van der Waals surface area contributed by atoms with Crippen molar-refractivity contribution < 1.29 is 0 Å². The molecule has 0 unspecified atom stereocenters. The third kappa shape index (κ3) is 2.46. The summed E-state index contributed by atoms with van der Waals surface area (Å²) >= 11 is 0. The second-order valence-electron chi connectivity index (χ2n) is 4.21. The van der Waals surface area contributed by atoms with E-state index in [9.17, 15) is 0 Å². The number of nitrogens with zero attached hydrogens (tertiary/aromatic N) is 2. The maximum atomic E-state index is 4.35. The molecule has 1 aromatic heterocycles. The van der Waals surface area contributed by atoms with Gasteiger partial charge in [0.25, 0.3) is 0 Å². The summed E-state index contributed by atoms with van der Waals surface area (Å²) in [5.41, 5.74) is 2.42. The number of hydrogen-bond donors (Lipinski definition) is 0. The summed E-state index contributed by atoms with van der Waals surface area (Å²) in [6.45, 7) is 5.38. The summed E-state index contributed by atoms with van der Waals surface area (Å²) in [4.78, 5) is 0. The van der Waals surface area contributed by atoms with Gasteiger partial charge >= 0.3 is 0 Å². The molecule has 0 saturated heterocycles. The van der Waals surface area contributed by atoms with Gasteiger partial charge in [-0.05, 0) is 11.5 Å². The van der Waals surface area contributed by atoms with Crippen LogP contribution in [-0.4, -0.2) is 9.78 Å². The molecule has 0 aliphatic rings. The quantitative estimate of drug-likeness (QED) is 0.744. The Morgan fingerprint density at radius 3 is 2.53 bits per heavy atom. The van der Waals surface area contributed by atoms with Gasteiger partial charge in [0.05, 0.1) is 6.20 Å². The normalized spacial score (nSPS) is 10.9. The fourth-order valence-corrected chi connectivity index (χ4v) is 1.62. The summed E-state index contributed by atoms with van der Waals surface area (Å²) in [6.07, 6.45) is 4.03. The zero-order chi connectivity index (χ0) is 10.7. The summed E-state index contributed by atoms with van der Waals surface area (Å²) in [5.74, 6) is 0.633. The Bertz CT molecular complexity index is 415. The van der Waals surface area contributed by atoms with Gasteiger partial charge in [0.15, 0.2) is 0 Å². The molecule has 1 aromatic carbocycles. The van der Waals surface area contributed by atoms with Crippen LogP contribution in [0.4, 0.5) is 0 Å². The first-order valence-corrected chi connectivity index (χ1v) is 5.33. The molecule has 2 aromatic rings. The van der Waals surface area contributed by atoms with Gasteiger partial charge in [0, 0.05) is 18.3 Å². The van der Waals surface area contributed by atoms with E-state index in [1.165, 1.54) is 11.1 Å². The van der Waals surface area contributed by atoms with Crippen molar-refractivity contribution in [3.05, 3.63) is 42.7 Å². The third-order valence-corrected chi connectivity index (χ3v) is 2.29. The minimum atomic E-state index is 0.633. The van der Waals surface area contributed by atoms with Crippen LogP contribution in [0.5, 0.6) is 0 Å². The van der Waals surface area contributed by atoms with E-state index >= 15 is 0 Å². The second kappa shape index (κ2) is 4.30. The van der Waals surface area contributed by atoms with Gasteiger partial charge in [-0.3, -0.25) is 4.68 Å². The number of hydrogen-bond acceptors (Lipinski definition) is 1. The minimum Gasteiger partial charge on any atom is -0.272 e. The fraction of sp³-hybridized carbons (Fsp3) is 0.308. The van der Waals surface area contributed by atoms with Crippen LogP contribution < -0.4 is 0 Å². The Labute approximate surface area is 90.6 Å². The average Bonchev–Trinajstić information content (AvgIpc) is 2.67. The molecule has 0 fully saturated rings. The monoisotopic (exact) mass is 200 g/mol. The fourth-order valence-electron chi connectivity index (χ4n) is 1.62. The van der Waals surface area contributed by atoms with Crippen molar-refractivity contribution in [2.24, 2.45) is 5.92 Å². The smallest absolute Gasteiger partial charge is 0.0568 e. The van der Waals surface area contributed by atoms with Crippen molar-refractivity contribution in [3.63, 3.8) is 0 Å². The van der Waals surface area contributed by atoms with Crippen LogP contribution in [0.25, 0.3) is 11.1 Å². The van der Waals surface area contributed by atoms with Gasteiger partial charge in [-0.2, -0.15) is 5.10 Å². The summed E-state index contributed by atoms with van der Waals surface area (Å²) in [5, 5.41) is 4.35. The van der Waals surface area contributed by atoms with E-state index in [2.05, 4.69) is 49.4 Å². The lowest BCUT2D eigenvalue weighted by Gasteiger charge is -2.03. The first kappa shape index (κ1) is 9.97. The zero-order valence-corrected chi connectivity index (χ0v) is 9.22. The van der Waals surface area contributed by atoms with Gasteiger partial charge in [-0.1, -0.05) is 44.2 Å². The molecule has 0 saturated carbocycles. The second-order valence-corrected chi connectivity index (χ2v) is 4.21. The van der Waals surface area contributed by atoms with Gasteiger partial charge in [-0.15, -0.1) is 0 Å². The van der Waals surface area contributed by atoms with Crippen LogP contribution in [0.2, 0.25) is 0 Å². The van der Waals surface area contributed by atoms with Crippen LogP contribution in [0.3, 0.4) is 0 Å². The summed E-state index contributed by atoms with van der Waals surface area (Å²) in [7, 11) is 0. The molecule has 2 heteroatoms. The van der Waals surface area contributed by atoms with Crippen molar-refractivity contribution in [2.45, 2.75) is 20.4 Å². The molecule has 0 amide bonds. The molecule has 78 valence electrons. The molecule has 0 aliphatic carbocycles. The standard InChI is InChI=1S/C13H16N2/c1-11(2)9-15-10-13(8-14-15)12-6-4-3-5-7-12/h3-8,10-11H,9H2,1-2H3. The predicted molar refractivity (Wildman–Crippen MR) is 62.5 cm³/mol. The summed E-state index contributed by atoms with van der Waals surface area (Å²) < 4.78 is 2.01. The molecule has 1 heterocycles. The van der Waals surface area contributed by atoms with Gasteiger partial charge in [0.1, 0.15) is 0 Å². The molecule has 15 heavy (non-hydrogen) atoms. The third-order valence-electron chi connectivity index (χ3n) is 2.29. The Balaban J connectivity index is 2.21. The highest BCUT2D eigenvalue weighted by atomic mass is 15.3. The van der Waals surface area contributed by atoms with E-state index in [0.29, 0.717) is 5.92 Å². The lowest BCUT2D eigenvalue weighted by Crippen LogP contribution is -2.03. The van der Waals surface area contributed by atoms with E-state index in [-0.39, 0.29) is 0 Å². The van der Waals surface area contributed by atoms with Crippen molar-refractivity contribution in [1.82, 2.24) is 9.78 Å². The Morgan fingerprint density at radius 1 is 1.13 bits per heavy atom. The number of benzene rings is 1. The first-order valence-electron chi connectivity index (χ1n) is 5.33. The van der Waals surface area contributed by atoms with Crippen LogP contribution in [-0.2, 0) is 6.54 Å². The van der Waals surface area contributed by atoms with Crippen LogP contribution in [0.15, 0.2) is 42.7 Å². The van der Waals surface area contributed by atoms with E-state index < -0.39 is 0 Å². The van der Waals surface area contributed by atoms with Crippen molar-refractivity contribution in [3.8, 4) is 11.1 Å². The number of aromatic nitrogens is 2. The molecular weight excluding hydrogens is 184 g/mol. The van der Waals surface area contributed by atoms with Gasteiger partial charge in [0.2, 0.25) is 0 Å². The Hall–Kier alpha value is -1.57. The van der Waals surface area contributed by atoms with Gasteiger partial charge in [-0.25, -0.2) is 0 Å². The lowest BCUT2D eigenvalue weighted by molar-refractivity contribution is 0.483. The van der Waals surface area contributed by atoms with Crippen molar-refractivity contribution in [2.75, 3.05) is 0 Å². The molecule has 0 spiro atoms. The predicted octanol–water partition coefficient (Wildman–Crippen LogP) is 3.21. The molecule has 0 aliphatic heterocycles. The van der Waals surface area contributed by atoms with Crippen LogP contribution >= 0.6 is 0 Å². The maximum Gasteiger partial charge on any atom is 0.0568 e. The number of rotatable bonds is 3. The zero-order valence-electron chi connectivity index (χ0n) is 9.22. The molecule has 2 nitrogen and oxygen atoms in total. The minimum absolute atomic E-state index is 0.633. The van der Waals surface area contributed by atoms with Gasteiger partial charge < -0.3 is 0 Å². The first-order chi connectivity index (χ1) is 7.25. The SMILES string of the molecule is CC(C)Cn1cc(-c2ccccc2)cn1. The molecule has 0 bridgehead atoms. The molecular formula is C13H16N2. The van der Waals surface area contributed by atoms with Crippen molar-refractivity contribution >= 4 is 0 Å². The molecule has 0 radical (unpaired) electrons. The van der Waals surface area contributed by atoms with E-state index in [1.54, 1.807) is 0 Å². The topological polar surface area (TPSA) is 17.8 Å². The lowest BCUT2D eigenvalue weighted by atomic mass is 10.1. The highest BCUT2D eigenvalue weighted by Crippen LogP contribution is 2.17. The molecule has 2 rings (SSSR count). The highest BCUT2D eigenvalue weighted by Gasteiger charge is 2.02. The van der Waals surface area contributed by atoms with Crippen LogP contribution in [0, 0.1) is 5.92 Å². The Kier molecular flexibility index (Phi) is 2.86. The van der Waals surface area contributed by atoms with E-state index in [0.717, 1.165) is 6.54 Å². The van der Waals surface area contributed by atoms with Crippen LogP contribution in [0.1, 0.15) is 13.8 Å². The largest absolute Gasteiger partial charge is 0.272 e. The maximum absolute atomic E-state index is 4.35. The van der Waals surface area contributed by atoms with E-state index in [1.807, 2.05) is 16.9 Å². The summed E-state index contributed by atoms with van der Waals surface area (Å²) in [6, 6.07) is 10.3.